The summed E-state index contributed by atoms with van der Waals surface area (Å²) in [5.74, 6) is 0. The zero-order chi connectivity index (χ0) is 24.6. The van der Waals surface area contributed by atoms with E-state index in [4.69, 9.17) is 9.56 Å². The second kappa shape index (κ2) is 9.33. The molecule has 9 heteroatoms. The molecule has 0 spiro atoms. The van der Waals surface area contributed by atoms with Gasteiger partial charge in [0.05, 0.1) is 4.90 Å². The summed E-state index contributed by atoms with van der Waals surface area (Å²) >= 11 is 0. The van der Waals surface area contributed by atoms with Crippen molar-refractivity contribution in [2.45, 2.75) is 18.7 Å². The molecule has 1 aromatic heterocycles. The van der Waals surface area contributed by atoms with Crippen LogP contribution >= 0.6 is 0 Å². The minimum Gasteiger partial charge on any atom is -0.423 e. The highest BCUT2D eigenvalue weighted by atomic mass is 32.2. The van der Waals surface area contributed by atoms with E-state index in [9.17, 15) is 8.42 Å². The Morgan fingerprint density at radius 2 is 1.77 bits per heavy atom. The van der Waals surface area contributed by atoms with E-state index in [1.54, 1.807) is 12.1 Å². The van der Waals surface area contributed by atoms with Crippen molar-refractivity contribution in [2.24, 2.45) is 5.14 Å². The lowest BCUT2D eigenvalue weighted by Crippen LogP contribution is -2.46. The van der Waals surface area contributed by atoms with Crippen molar-refractivity contribution in [3.05, 3.63) is 66.2 Å². The number of hydrogen-bond donors (Lipinski definition) is 2. The molecule has 0 unspecified atom stereocenters. The van der Waals surface area contributed by atoms with Gasteiger partial charge in [-0.15, -0.1) is 0 Å². The Morgan fingerprint density at radius 1 is 1.03 bits per heavy atom. The van der Waals surface area contributed by atoms with Gasteiger partial charge in [-0.05, 0) is 61.0 Å². The van der Waals surface area contributed by atoms with E-state index in [2.05, 4.69) is 52.1 Å². The van der Waals surface area contributed by atoms with Gasteiger partial charge in [0.2, 0.25) is 10.0 Å². The summed E-state index contributed by atoms with van der Waals surface area (Å²) < 4.78 is 29.2. The summed E-state index contributed by atoms with van der Waals surface area (Å²) in [5, 5.41) is 8.50. The molecule has 0 amide bonds. The number of rotatable bonds is 6. The molecule has 0 bridgehead atoms. The summed E-state index contributed by atoms with van der Waals surface area (Å²) in [5.41, 5.74) is 6.34. The number of para-hydroxylation sites is 1. The van der Waals surface area contributed by atoms with Gasteiger partial charge in [-0.2, -0.15) is 4.98 Å². The molecule has 35 heavy (non-hydrogen) atoms. The second-order valence-corrected chi connectivity index (χ2v) is 10.4. The van der Waals surface area contributed by atoms with Gasteiger partial charge < -0.3 is 19.5 Å². The summed E-state index contributed by atoms with van der Waals surface area (Å²) in [6, 6.07) is 18.8. The maximum absolute atomic E-state index is 11.6. The maximum Gasteiger partial charge on any atom is 0.300 e. The lowest BCUT2D eigenvalue weighted by Gasteiger charge is -2.36. The van der Waals surface area contributed by atoms with E-state index in [0.717, 1.165) is 49.5 Å². The minimum atomic E-state index is -3.74. The lowest BCUT2D eigenvalue weighted by atomic mass is 10.1. The Labute approximate surface area is 205 Å². The predicted octanol–water partition coefficient (Wildman–Crippen LogP) is 4.34. The third-order valence-electron chi connectivity index (χ3n) is 6.52. The van der Waals surface area contributed by atoms with Crippen molar-refractivity contribution < 1.29 is 12.8 Å². The van der Waals surface area contributed by atoms with E-state index < -0.39 is 10.0 Å². The third kappa shape index (κ3) is 4.88. The molecule has 5 rings (SSSR count). The van der Waals surface area contributed by atoms with E-state index in [-0.39, 0.29) is 4.90 Å². The number of piperazine rings is 1. The van der Waals surface area contributed by atoms with Crippen LogP contribution < -0.4 is 15.4 Å². The zero-order valence-corrected chi connectivity index (χ0v) is 20.7. The number of nitrogens with one attached hydrogen (secondary N) is 1. The topological polar surface area (TPSA) is 105 Å². The number of anilines is 3. The van der Waals surface area contributed by atoms with E-state index in [1.807, 2.05) is 18.2 Å². The lowest BCUT2D eigenvalue weighted by molar-refractivity contribution is 0.271. The van der Waals surface area contributed by atoms with Gasteiger partial charge in [0.15, 0.2) is 5.58 Å². The summed E-state index contributed by atoms with van der Waals surface area (Å²) in [4.78, 5) is 9.58. The molecule has 1 aliphatic heterocycles. The van der Waals surface area contributed by atoms with Crippen molar-refractivity contribution in [1.82, 2.24) is 9.88 Å². The average Bonchev–Trinajstić information content (AvgIpc) is 3.26. The highest BCUT2D eigenvalue weighted by Crippen LogP contribution is 2.33. The van der Waals surface area contributed by atoms with Crippen molar-refractivity contribution in [1.29, 1.82) is 0 Å². The fourth-order valence-corrected chi connectivity index (χ4v) is 5.09. The molecule has 0 saturated carbocycles. The van der Waals surface area contributed by atoms with Crippen LogP contribution in [0.15, 0.2) is 70.0 Å². The molecule has 3 N–H and O–H groups in total. The molecule has 3 aromatic carbocycles. The quantitative estimate of drug-likeness (QED) is 0.413. The molecule has 8 nitrogen and oxygen atoms in total. The minimum absolute atomic E-state index is 0.0689. The molecule has 0 aliphatic carbocycles. The number of aromatic nitrogens is 1. The van der Waals surface area contributed by atoms with Crippen LogP contribution in [0.4, 0.5) is 17.4 Å². The van der Waals surface area contributed by atoms with Crippen molar-refractivity contribution in [3.8, 4) is 11.1 Å². The molecule has 182 valence electrons. The number of likely N-dealkylation sites (N-methyl/N-ethyl adjacent to an activating group) is 1. The Bertz CT molecular complexity index is 1460. The van der Waals surface area contributed by atoms with Crippen LogP contribution in [-0.4, -0.2) is 51.0 Å². The highest BCUT2D eigenvalue weighted by Gasteiger charge is 2.18. The monoisotopic (exact) mass is 491 g/mol. The van der Waals surface area contributed by atoms with Gasteiger partial charge >= 0.3 is 0 Å². The maximum atomic E-state index is 11.6. The van der Waals surface area contributed by atoms with Gasteiger partial charge in [0.1, 0.15) is 5.52 Å². The molecule has 0 atom stereocenters. The fourth-order valence-electron chi connectivity index (χ4n) is 4.57. The largest absolute Gasteiger partial charge is 0.423 e. The molecule has 2 heterocycles. The molecule has 1 aliphatic rings. The number of sulfonamides is 1. The Hall–Kier alpha value is -3.40. The number of primary sulfonamides is 1. The zero-order valence-electron chi connectivity index (χ0n) is 19.9. The SMILES string of the molecule is CCN1CCN(c2ccc(Nc3nc4cccc(-c5ccc(S(N)(=O)=O)cc5)c4o3)cc2C)CC1. The van der Waals surface area contributed by atoms with E-state index in [0.29, 0.717) is 17.1 Å². The molecular weight excluding hydrogens is 462 g/mol. The summed E-state index contributed by atoms with van der Waals surface area (Å²) in [6.07, 6.45) is 0. The first-order valence-corrected chi connectivity index (χ1v) is 13.2. The fraction of sp³-hybridized carbons (Fsp3) is 0.269. The summed E-state index contributed by atoms with van der Waals surface area (Å²) in [6.45, 7) is 9.68. The standard InChI is InChI=1S/C26H29N5O3S/c1-3-30-13-15-31(16-14-30)24-12-9-20(17-18(24)2)28-26-29-23-6-4-5-22(25(23)34-26)19-7-10-21(11-8-19)35(27,32)33/h4-12,17H,3,13-16H2,1-2H3,(H,28,29)(H2,27,32,33). The van der Waals surface area contributed by atoms with Gasteiger partial charge in [-0.25, -0.2) is 13.6 Å². The number of nitrogens with zero attached hydrogens (tertiary/aromatic N) is 3. The van der Waals surface area contributed by atoms with Crippen molar-refractivity contribution >= 4 is 38.5 Å². The molecule has 4 aromatic rings. The average molecular weight is 492 g/mol. The molecule has 1 saturated heterocycles. The Kier molecular flexibility index (Phi) is 6.22. The van der Waals surface area contributed by atoms with E-state index >= 15 is 0 Å². The van der Waals surface area contributed by atoms with Gasteiger partial charge in [-0.1, -0.05) is 31.2 Å². The number of hydrogen-bond acceptors (Lipinski definition) is 7. The van der Waals surface area contributed by atoms with Crippen LogP contribution in [0.1, 0.15) is 12.5 Å². The smallest absolute Gasteiger partial charge is 0.300 e. The molecular formula is C26H29N5O3S. The Balaban J connectivity index is 1.37. The summed E-state index contributed by atoms with van der Waals surface area (Å²) in [7, 11) is -3.74. The third-order valence-corrected chi connectivity index (χ3v) is 7.45. The van der Waals surface area contributed by atoms with Gasteiger partial charge in [0.25, 0.3) is 6.01 Å². The van der Waals surface area contributed by atoms with Crippen molar-refractivity contribution in [2.75, 3.05) is 42.9 Å². The van der Waals surface area contributed by atoms with Crippen LogP contribution in [0.5, 0.6) is 0 Å². The van der Waals surface area contributed by atoms with Crippen LogP contribution in [-0.2, 0) is 10.0 Å². The number of fused-ring (bicyclic) bond motifs is 1. The number of oxazole rings is 1. The molecule has 1 fully saturated rings. The number of aryl methyl sites for hydroxylation is 1. The van der Waals surface area contributed by atoms with Crippen LogP contribution in [0.2, 0.25) is 0 Å². The first-order valence-electron chi connectivity index (χ1n) is 11.7. The first kappa shape index (κ1) is 23.3. The second-order valence-electron chi connectivity index (χ2n) is 8.79. The normalized spacial score (nSPS) is 15.0. The van der Waals surface area contributed by atoms with Gasteiger partial charge in [0, 0.05) is 43.1 Å². The van der Waals surface area contributed by atoms with Crippen molar-refractivity contribution in [3.63, 3.8) is 0 Å². The first-order chi connectivity index (χ1) is 16.8. The van der Waals surface area contributed by atoms with Crippen LogP contribution in [0, 0.1) is 6.92 Å². The number of nitrogens with two attached hydrogens (primary N) is 1. The van der Waals surface area contributed by atoms with Crippen LogP contribution in [0.3, 0.4) is 0 Å². The van der Waals surface area contributed by atoms with Gasteiger partial charge in [-0.3, -0.25) is 0 Å². The Morgan fingerprint density at radius 3 is 2.43 bits per heavy atom. The van der Waals surface area contributed by atoms with Crippen LogP contribution in [0.25, 0.3) is 22.2 Å². The highest BCUT2D eigenvalue weighted by molar-refractivity contribution is 7.89. The van der Waals surface area contributed by atoms with E-state index in [1.165, 1.54) is 23.4 Å². The number of benzene rings is 3. The predicted molar refractivity (Wildman–Crippen MR) is 140 cm³/mol. The molecule has 0 radical (unpaired) electrons.